The number of Topliss-reactive ketones (excluding diaryl/α,β-unsaturated/α-hetero) is 1. The quantitative estimate of drug-likeness (QED) is 0.428. The van der Waals surface area contributed by atoms with Crippen molar-refractivity contribution in [1.29, 1.82) is 0 Å². The van der Waals surface area contributed by atoms with Crippen LogP contribution < -0.4 is 14.8 Å². The molecule has 0 atom stereocenters. The van der Waals surface area contributed by atoms with Crippen LogP contribution in [-0.4, -0.2) is 38.5 Å². The topological polar surface area (TPSA) is 90.9 Å². The first kappa shape index (κ1) is 20.7. The van der Waals surface area contributed by atoms with Gasteiger partial charge in [-0.15, -0.1) is 0 Å². The van der Waals surface area contributed by atoms with Gasteiger partial charge in [0.15, 0.2) is 6.61 Å². The molecule has 7 nitrogen and oxygen atoms in total. The number of esters is 1. The molecule has 0 spiro atoms. The van der Waals surface area contributed by atoms with Crippen LogP contribution in [0.1, 0.15) is 22.8 Å². The summed E-state index contributed by atoms with van der Waals surface area (Å²) >= 11 is 0. The van der Waals surface area contributed by atoms with Gasteiger partial charge >= 0.3 is 5.97 Å². The molecule has 28 heavy (non-hydrogen) atoms. The van der Waals surface area contributed by atoms with Crippen molar-refractivity contribution < 1.29 is 28.6 Å². The van der Waals surface area contributed by atoms with Gasteiger partial charge in [-0.1, -0.05) is 30.3 Å². The molecule has 146 valence electrons. The second-order valence-corrected chi connectivity index (χ2v) is 5.72. The van der Waals surface area contributed by atoms with Gasteiger partial charge in [-0.25, -0.2) is 4.79 Å². The molecule has 7 heteroatoms. The lowest BCUT2D eigenvalue weighted by atomic mass is 10.1. The third kappa shape index (κ3) is 5.70. The van der Waals surface area contributed by atoms with Crippen molar-refractivity contribution in [1.82, 2.24) is 5.32 Å². The van der Waals surface area contributed by atoms with E-state index >= 15 is 0 Å². The van der Waals surface area contributed by atoms with Crippen LogP contribution in [0.15, 0.2) is 54.2 Å². The van der Waals surface area contributed by atoms with Gasteiger partial charge in [0.05, 0.1) is 19.8 Å². The average molecular weight is 383 g/mol. The second-order valence-electron chi connectivity index (χ2n) is 5.72. The van der Waals surface area contributed by atoms with Crippen molar-refractivity contribution in [2.75, 3.05) is 20.8 Å². The highest BCUT2D eigenvalue weighted by atomic mass is 16.5. The van der Waals surface area contributed by atoms with E-state index in [-0.39, 0.29) is 11.3 Å². The Morgan fingerprint density at radius 3 is 2.32 bits per heavy atom. The Hall–Kier alpha value is -3.61. The van der Waals surface area contributed by atoms with Gasteiger partial charge < -0.3 is 19.5 Å². The summed E-state index contributed by atoms with van der Waals surface area (Å²) in [6.07, 6.45) is 1.47. The number of amides is 1. The summed E-state index contributed by atoms with van der Waals surface area (Å²) in [6.45, 7) is 0.771. The Morgan fingerprint density at radius 1 is 1.00 bits per heavy atom. The fraction of sp³-hybridized carbons (Fsp3) is 0.190. The number of benzene rings is 2. The number of ether oxygens (including phenoxy) is 3. The molecule has 2 aromatic rings. The lowest BCUT2D eigenvalue weighted by Gasteiger charge is -2.11. The van der Waals surface area contributed by atoms with E-state index in [4.69, 9.17) is 14.2 Å². The fourth-order valence-corrected chi connectivity index (χ4v) is 2.37. The molecule has 2 aromatic carbocycles. The van der Waals surface area contributed by atoms with E-state index in [1.54, 1.807) is 36.4 Å². The van der Waals surface area contributed by atoms with Crippen LogP contribution in [0.4, 0.5) is 0 Å². The largest absolute Gasteiger partial charge is 0.497 e. The van der Waals surface area contributed by atoms with Crippen LogP contribution in [-0.2, 0) is 14.3 Å². The zero-order chi connectivity index (χ0) is 20.5. The van der Waals surface area contributed by atoms with Gasteiger partial charge in [-0.2, -0.15) is 0 Å². The van der Waals surface area contributed by atoms with E-state index in [9.17, 15) is 14.4 Å². The van der Waals surface area contributed by atoms with Crippen LogP contribution in [0.3, 0.4) is 0 Å². The van der Waals surface area contributed by atoms with Gasteiger partial charge in [0.25, 0.3) is 0 Å². The fourth-order valence-electron chi connectivity index (χ4n) is 2.37. The lowest BCUT2D eigenvalue weighted by Crippen LogP contribution is -2.27. The number of ketones is 1. The zero-order valence-corrected chi connectivity index (χ0v) is 15.9. The minimum atomic E-state index is -0.820. The monoisotopic (exact) mass is 383 g/mol. The van der Waals surface area contributed by atoms with Gasteiger partial charge in [-0.05, 0) is 23.8 Å². The predicted octanol–water partition coefficient (Wildman–Crippen LogP) is 2.61. The maximum Gasteiger partial charge on any atom is 0.355 e. The molecule has 0 aliphatic heterocycles. The number of hydrogen-bond donors (Lipinski definition) is 1. The SMILES string of the molecule is COc1ccc(C(=O)COC(=O)/C(=C/c2ccccc2)NC(C)=O)c(OC)c1. The molecular formula is C21H21NO6. The first-order valence-electron chi connectivity index (χ1n) is 8.41. The van der Waals surface area contributed by atoms with Crippen molar-refractivity contribution in [2.24, 2.45) is 0 Å². The van der Waals surface area contributed by atoms with Crippen molar-refractivity contribution in [2.45, 2.75) is 6.92 Å². The summed E-state index contributed by atoms with van der Waals surface area (Å²) in [5, 5.41) is 2.42. The average Bonchev–Trinajstić information content (AvgIpc) is 2.71. The molecule has 2 rings (SSSR count). The van der Waals surface area contributed by atoms with E-state index in [0.717, 1.165) is 0 Å². The van der Waals surface area contributed by atoms with Gasteiger partial charge in [0.2, 0.25) is 11.7 Å². The third-order valence-corrected chi connectivity index (χ3v) is 3.68. The maximum atomic E-state index is 12.4. The highest BCUT2D eigenvalue weighted by Crippen LogP contribution is 2.25. The molecule has 0 aliphatic carbocycles. The highest BCUT2D eigenvalue weighted by molar-refractivity contribution is 6.03. The molecule has 0 fully saturated rings. The molecule has 1 amide bonds. The molecule has 0 radical (unpaired) electrons. The Kier molecular flexibility index (Phi) is 7.33. The molecule has 0 unspecified atom stereocenters. The summed E-state index contributed by atoms with van der Waals surface area (Å²) in [5.41, 5.74) is 0.892. The first-order chi connectivity index (χ1) is 13.4. The first-order valence-corrected chi connectivity index (χ1v) is 8.41. The van der Waals surface area contributed by atoms with Crippen LogP contribution in [0.25, 0.3) is 6.08 Å². The normalized spacial score (nSPS) is 10.8. The Morgan fingerprint density at radius 2 is 1.71 bits per heavy atom. The summed E-state index contributed by atoms with van der Waals surface area (Å²) in [7, 11) is 2.93. The van der Waals surface area contributed by atoms with E-state index in [0.29, 0.717) is 17.1 Å². The van der Waals surface area contributed by atoms with E-state index in [1.165, 1.54) is 33.3 Å². The lowest BCUT2D eigenvalue weighted by molar-refractivity contribution is -0.139. The number of rotatable bonds is 8. The third-order valence-electron chi connectivity index (χ3n) is 3.68. The Balaban J connectivity index is 2.13. The molecule has 0 heterocycles. The van der Waals surface area contributed by atoms with Crippen LogP contribution in [0.5, 0.6) is 11.5 Å². The highest BCUT2D eigenvalue weighted by Gasteiger charge is 2.18. The van der Waals surface area contributed by atoms with Crippen molar-refractivity contribution >= 4 is 23.7 Å². The molecule has 1 N–H and O–H groups in total. The maximum absolute atomic E-state index is 12.4. The summed E-state index contributed by atoms with van der Waals surface area (Å²) in [5.74, 6) is -0.858. The van der Waals surface area contributed by atoms with Gasteiger partial charge in [0, 0.05) is 13.0 Å². The summed E-state index contributed by atoms with van der Waals surface area (Å²) in [4.78, 5) is 36.2. The number of methoxy groups -OCH3 is 2. The van der Waals surface area contributed by atoms with Crippen LogP contribution in [0, 0.1) is 0 Å². The molecule has 0 aromatic heterocycles. The molecule has 0 saturated carbocycles. The number of hydrogen-bond acceptors (Lipinski definition) is 6. The number of carbonyl (C=O) groups excluding carboxylic acids is 3. The minimum absolute atomic E-state index is 0.0619. The summed E-state index contributed by atoms with van der Waals surface area (Å²) < 4.78 is 15.4. The minimum Gasteiger partial charge on any atom is -0.497 e. The Bertz CT molecular complexity index is 889. The van der Waals surface area contributed by atoms with Crippen molar-refractivity contribution in [3.05, 3.63) is 65.4 Å². The zero-order valence-electron chi connectivity index (χ0n) is 15.9. The number of carbonyl (C=O) groups is 3. The van der Waals surface area contributed by atoms with Crippen LogP contribution >= 0.6 is 0 Å². The van der Waals surface area contributed by atoms with Gasteiger partial charge in [0.1, 0.15) is 17.2 Å². The van der Waals surface area contributed by atoms with Crippen LogP contribution in [0.2, 0.25) is 0 Å². The molecule has 0 aliphatic rings. The Labute approximate surface area is 162 Å². The predicted molar refractivity (Wildman–Crippen MR) is 103 cm³/mol. The van der Waals surface area contributed by atoms with E-state index in [2.05, 4.69) is 5.32 Å². The molecular weight excluding hydrogens is 362 g/mol. The van der Waals surface area contributed by atoms with Crippen molar-refractivity contribution in [3.63, 3.8) is 0 Å². The molecule has 0 saturated heterocycles. The second kappa shape index (κ2) is 9.91. The van der Waals surface area contributed by atoms with E-state index < -0.39 is 24.3 Å². The van der Waals surface area contributed by atoms with Gasteiger partial charge in [-0.3, -0.25) is 9.59 Å². The summed E-state index contributed by atoms with van der Waals surface area (Å²) in [6, 6.07) is 13.6. The number of nitrogens with one attached hydrogen (secondary N) is 1. The smallest absolute Gasteiger partial charge is 0.355 e. The molecule has 0 bridgehead atoms. The standard InChI is InChI=1S/C21H21NO6/c1-14(23)22-18(11-15-7-5-4-6-8-15)21(25)28-13-19(24)17-10-9-16(26-2)12-20(17)27-3/h4-12H,13H2,1-3H3,(H,22,23)/b18-11-. The van der Waals surface area contributed by atoms with Crippen molar-refractivity contribution in [3.8, 4) is 11.5 Å². The van der Waals surface area contributed by atoms with E-state index in [1.807, 2.05) is 6.07 Å².